The van der Waals surface area contributed by atoms with Crippen molar-refractivity contribution in [3.63, 3.8) is 0 Å². The van der Waals surface area contributed by atoms with Gasteiger partial charge in [0.25, 0.3) is 0 Å². The Balaban J connectivity index is 0.00000146. The van der Waals surface area contributed by atoms with Gasteiger partial charge >= 0.3 is 11.9 Å². The Morgan fingerprint density at radius 1 is 0.833 bits per heavy atom. The van der Waals surface area contributed by atoms with Gasteiger partial charge in [-0.05, 0) is 45.5 Å². The van der Waals surface area contributed by atoms with Crippen molar-refractivity contribution in [1.82, 2.24) is 0 Å². The largest absolute Gasteiger partial charge is 0.392 e. The van der Waals surface area contributed by atoms with Crippen LogP contribution in [0.2, 0.25) is 0 Å². The fourth-order valence-electron chi connectivity index (χ4n) is 4.20. The summed E-state index contributed by atoms with van der Waals surface area (Å²) >= 11 is 0. The van der Waals surface area contributed by atoms with Gasteiger partial charge in [0.15, 0.2) is 0 Å². The Labute approximate surface area is 140 Å². The number of cyclic esters (lactones) is 2. The number of hydrogen-bond donors (Lipinski definition) is 0. The summed E-state index contributed by atoms with van der Waals surface area (Å²) < 4.78 is 4.87. The zero-order valence-electron chi connectivity index (χ0n) is 12.4. The van der Waals surface area contributed by atoms with Gasteiger partial charge in [0.2, 0.25) is 0 Å². The van der Waals surface area contributed by atoms with Crippen LogP contribution in [0.15, 0.2) is 48.5 Å². The fourth-order valence-corrected chi connectivity index (χ4v) is 4.20. The molecule has 3 aromatic rings. The topological polar surface area (TPSA) is 43.4 Å². The first kappa shape index (κ1) is 14.9. The van der Waals surface area contributed by atoms with E-state index >= 15 is 0 Å². The molecule has 0 radical (unpaired) electrons. The maximum absolute atomic E-state index is 12.1. The summed E-state index contributed by atoms with van der Waals surface area (Å²) in [6, 6.07) is 16.7. The Hall–Kier alpha value is -2.68. The lowest BCUT2D eigenvalue weighted by Crippen LogP contribution is -2.23. The van der Waals surface area contributed by atoms with Crippen LogP contribution in [0, 0.1) is 5.92 Å². The van der Waals surface area contributed by atoms with E-state index in [4.69, 9.17) is 4.74 Å². The van der Waals surface area contributed by atoms with Crippen LogP contribution < -0.4 is 0 Å². The van der Waals surface area contributed by atoms with Crippen LogP contribution in [0.3, 0.4) is 0 Å². The van der Waals surface area contributed by atoms with Gasteiger partial charge in [-0.15, -0.1) is 0 Å². The van der Waals surface area contributed by atoms with Gasteiger partial charge in [-0.25, -0.2) is 0 Å². The third-order valence-electron chi connectivity index (χ3n) is 5.27. The van der Waals surface area contributed by atoms with Gasteiger partial charge in [-0.2, -0.15) is 0 Å². The number of hydrogen-bond acceptors (Lipinski definition) is 3. The molecule has 24 heavy (non-hydrogen) atoms. The number of ether oxygens (including phenoxy) is 1. The van der Waals surface area contributed by atoms with Gasteiger partial charge < -0.3 is 4.74 Å². The minimum absolute atomic E-state index is 0. The van der Waals surface area contributed by atoms with Crippen molar-refractivity contribution in [2.24, 2.45) is 5.92 Å². The molecule has 2 aliphatic rings. The van der Waals surface area contributed by atoms with Crippen LogP contribution in [-0.4, -0.2) is 11.9 Å². The monoisotopic (exact) mass is 318 g/mol. The molecule has 1 heterocycles. The van der Waals surface area contributed by atoms with E-state index in [1.54, 1.807) is 0 Å². The maximum Gasteiger partial charge on any atom is 0.321 e. The van der Waals surface area contributed by atoms with Crippen molar-refractivity contribution in [3.8, 4) is 0 Å². The van der Waals surface area contributed by atoms with Gasteiger partial charge in [-0.3, -0.25) is 9.59 Å². The van der Waals surface area contributed by atoms with Gasteiger partial charge in [0.05, 0.1) is 11.8 Å². The highest BCUT2D eigenvalue weighted by Crippen LogP contribution is 2.44. The molecule has 0 spiro atoms. The Bertz CT molecular complexity index is 1000. The van der Waals surface area contributed by atoms with E-state index in [2.05, 4.69) is 30.3 Å². The second kappa shape index (κ2) is 5.17. The third kappa shape index (κ3) is 1.84. The molecule has 5 rings (SSSR count). The number of fused-ring (bicyclic) bond motifs is 7. The Kier molecular flexibility index (Phi) is 3.20. The van der Waals surface area contributed by atoms with Crippen molar-refractivity contribution in [1.29, 1.82) is 0 Å². The standard InChI is InChI=1S/C20H14O3.CH4/c21-19-17-10-8-15-14-6-5-11-3-1-2-4-12(11)13(14)7-9-16(15)18(17)20(22)23-19;/h1-7,9,17-18H,8,10H2;1H4. The summed E-state index contributed by atoms with van der Waals surface area (Å²) in [6.45, 7) is 0. The second-order valence-corrected chi connectivity index (χ2v) is 6.38. The molecule has 2 unspecified atom stereocenters. The number of carbonyl (C=O) groups excluding carboxylic acids is 2. The molecule has 120 valence electrons. The smallest absolute Gasteiger partial charge is 0.321 e. The normalized spacial score (nSPS) is 22.0. The Morgan fingerprint density at radius 3 is 2.50 bits per heavy atom. The lowest BCUT2D eigenvalue weighted by atomic mass is 9.75. The molecule has 1 saturated heterocycles. The molecule has 1 aliphatic carbocycles. The molecule has 0 bridgehead atoms. The van der Waals surface area contributed by atoms with Crippen molar-refractivity contribution < 1.29 is 14.3 Å². The predicted octanol–water partition coefficient (Wildman–Crippen LogP) is 4.36. The van der Waals surface area contributed by atoms with Crippen LogP contribution in [0.1, 0.15) is 30.9 Å². The molecule has 3 aromatic carbocycles. The average molecular weight is 318 g/mol. The summed E-state index contributed by atoms with van der Waals surface area (Å²) in [5, 5.41) is 4.83. The average Bonchev–Trinajstić information content (AvgIpc) is 2.88. The van der Waals surface area contributed by atoms with Crippen molar-refractivity contribution in [2.75, 3.05) is 0 Å². The summed E-state index contributed by atoms with van der Waals surface area (Å²) in [6.07, 6.45) is 1.50. The highest BCUT2D eigenvalue weighted by atomic mass is 16.6. The molecule has 2 atom stereocenters. The van der Waals surface area contributed by atoms with Crippen LogP contribution in [0.25, 0.3) is 21.5 Å². The number of carbonyl (C=O) groups is 2. The lowest BCUT2D eigenvalue weighted by Gasteiger charge is -2.25. The zero-order valence-corrected chi connectivity index (χ0v) is 12.4. The first-order chi connectivity index (χ1) is 11.2. The van der Waals surface area contributed by atoms with Gasteiger partial charge in [0, 0.05) is 0 Å². The van der Waals surface area contributed by atoms with Crippen LogP contribution in [0.5, 0.6) is 0 Å². The quantitative estimate of drug-likeness (QED) is 0.351. The van der Waals surface area contributed by atoms with E-state index in [0.29, 0.717) is 6.42 Å². The molecule has 0 amide bonds. The molecular weight excluding hydrogens is 300 g/mol. The van der Waals surface area contributed by atoms with Crippen LogP contribution in [-0.2, 0) is 20.7 Å². The van der Waals surface area contributed by atoms with Crippen molar-refractivity contribution >= 4 is 33.5 Å². The summed E-state index contributed by atoms with van der Waals surface area (Å²) in [4.78, 5) is 23.9. The predicted molar refractivity (Wildman–Crippen MR) is 93.8 cm³/mol. The SMILES string of the molecule is C.O=C1OC(=O)C2c3ccc4c(ccc5ccccc54)c3CCC12. The highest BCUT2D eigenvalue weighted by molar-refractivity contribution is 6.10. The minimum atomic E-state index is -0.415. The minimum Gasteiger partial charge on any atom is -0.392 e. The molecular formula is C21H18O3. The summed E-state index contributed by atoms with van der Waals surface area (Å²) in [7, 11) is 0. The lowest BCUT2D eigenvalue weighted by molar-refractivity contribution is -0.153. The number of benzene rings is 3. The van der Waals surface area contributed by atoms with Crippen molar-refractivity contribution in [2.45, 2.75) is 26.2 Å². The van der Waals surface area contributed by atoms with E-state index in [0.717, 1.165) is 12.0 Å². The summed E-state index contributed by atoms with van der Waals surface area (Å²) in [5.41, 5.74) is 2.17. The molecule has 3 nitrogen and oxygen atoms in total. The number of aryl methyl sites for hydroxylation is 1. The molecule has 3 heteroatoms. The molecule has 0 saturated carbocycles. The number of esters is 2. The first-order valence-corrected chi connectivity index (χ1v) is 7.93. The van der Waals surface area contributed by atoms with Crippen molar-refractivity contribution in [3.05, 3.63) is 59.7 Å². The van der Waals surface area contributed by atoms with Crippen LogP contribution >= 0.6 is 0 Å². The molecule has 1 aliphatic heterocycles. The fraction of sp³-hybridized carbons (Fsp3) is 0.238. The second-order valence-electron chi connectivity index (χ2n) is 6.38. The maximum atomic E-state index is 12.1. The third-order valence-corrected chi connectivity index (χ3v) is 5.27. The molecule has 1 fully saturated rings. The first-order valence-electron chi connectivity index (χ1n) is 7.93. The van der Waals surface area contributed by atoms with Gasteiger partial charge in [-0.1, -0.05) is 56.0 Å². The van der Waals surface area contributed by atoms with E-state index in [9.17, 15) is 9.59 Å². The van der Waals surface area contributed by atoms with Crippen LogP contribution in [0.4, 0.5) is 0 Å². The number of rotatable bonds is 0. The van der Waals surface area contributed by atoms with E-state index in [1.807, 2.05) is 18.2 Å². The highest BCUT2D eigenvalue weighted by Gasteiger charge is 2.47. The van der Waals surface area contributed by atoms with E-state index in [1.165, 1.54) is 27.1 Å². The zero-order chi connectivity index (χ0) is 15.6. The molecule has 0 aromatic heterocycles. The van der Waals surface area contributed by atoms with E-state index in [-0.39, 0.29) is 25.3 Å². The summed E-state index contributed by atoms with van der Waals surface area (Å²) in [5.74, 6) is -1.46. The van der Waals surface area contributed by atoms with Gasteiger partial charge in [0.1, 0.15) is 0 Å². The molecule has 0 N–H and O–H groups in total. The van der Waals surface area contributed by atoms with E-state index < -0.39 is 5.92 Å². The Morgan fingerprint density at radius 2 is 1.62 bits per heavy atom.